The molecule has 2 fully saturated rings. The molecule has 0 unspecified atom stereocenters. The highest BCUT2D eigenvalue weighted by molar-refractivity contribution is 5.69. The van der Waals surface area contributed by atoms with Gasteiger partial charge in [-0.1, -0.05) is 6.92 Å². The summed E-state index contributed by atoms with van der Waals surface area (Å²) in [7, 11) is 0. The molecule has 4 heteroatoms. The fraction of sp³-hybridized carbons (Fsp3) is 0.933. The monoisotopic (exact) mass is 268 g/mol. The van der Waals surface area contributed by atoms with Gasteiger partial charge in [0, 0.05) is 12.1 Å². The first-order chi connectivity index (χ1) is 8.87. The minimum absolute atomic E-state index is 0.214. The summed E-state index contributed by atoms with van der Waals surface area (Å²) in [5.74, 6) is -0.693. The van der Waals surface area contributed by atoms with Crippen molar-refractivity contribution in [2.45, 2.75) is 52.0 Å². The van der Waals surface area contributed by atoms with Crippen LogP contribution in [0.4, 0.5) is 0 Å². The van der Waals surface area contributed by atoms with Crippen LogP contribution in [-0.4, -0.2) is 59.1 Å². The molecule has 0 aliphatic carbocycles. The van der Waals surface area contributed by atoms with Crippen molar-refractivity contribution in [1.82, 2.24) is 9.80 Å². The van der Waals surface area contributed by atoms with Gasteiger partial charge in [0.05, 0.1) is 6.54 Å². The number of nitrogens with zero attached hydrogens (tertiary/aromatic N) is 2. The fourth-order valence-electron chi connectivity index (χ4n) is 3.57. The van der Waals surface area contributed by atoms with Gasteiger partial charge in [0.1, 0.15) is 0 Å². The molecule has 2 rings (SSSR count). The molecule has 0 aromatic heterocycles. The summed E-state index contributed by atoms with van der Waals surface area (Å²) in [6.07, 6.45) is 4.82. The lowest BCUT2D eigenvalue weighted by molar-refractivity contribution is -0.138. The predicted molar refractivity (Wildman–Crippen MR) is 76.3 cm³/mol. The molecule has 0 aromatic carbocycles. The van der Waals surface area contributed by atoms with Crippen LogP contribution in [0, 0.1) is 5.41 Å². The fourth-order valence-corrected chi connectivity index (χ4v) is 3.57. The van der Waals surface area contributed by atoms with Crippen LogP contribution in [0.25, 0.3) is 0 Å². The summed E-state index contributed by atoms with van der Waals surface area (Å²) < 4.78 is 0. The van der Waals surface area contributed by atoms with Gasteiger partial charge in [0.2, 0.25) is 0 Å². The highest BCUT2D eigenvalue weighted by Crippen LogP contribution is 2.41. The quantitative estimate of drug-likeness (QED) is 0.847. The van der Waals surface area contributed by atoms with E-state index < -0.39 is 5.97 Å². The summed E-state index contributed by atoms with van der Waals surface area (Å²) in [5.41, 5.74) is 0.705. The number of hydrogen-bond acceptors (Lipinski definition) is 3. The normalized spacial score (nSPS) is 25.0. The molecule has 0 saturated carbocycles. The topological polar surface area (TPSA) is 43.8 Å². The van der Waals surface area contributed by atoms with E-state index in [-0.39, 0.29) is 6.54 Å². The van der Waals surface area contributed by atoms with Gasteiger partial charge >= 0.3 is 5.97 Å². The molecule has 2 saturated heterocycles. The number of hydrogen-bond donors (Lipinski definition) is 1. The van der Waals surface area contributed by atoms with E-state index >= 15 is 0 Å². The maximum Gasteiger partial charge on any atom is 0.317 e. The van der Waals surface area contributed by atoms with Crippen LogP contribution >= 0.6 is 0 Å². The smallest absolute Gasteiger partial charge is 0.317 e. The van der Waals surface area contributed by atoms with Gasteiger partial charge in [0.15, 0.2) is 0 Å². The summed E-state index contributed by atoms with van der Waals surface area (Å²) in [4.78, 5) is 15.5. The summed E-state index contributed by atoms with van der Waals surface area (Å²) in [5, 5.41) is 8.89. The number of piperidine rings is 1. The third-order valence-corrected chi connectivity index (χ3v) is 5.42. The van der Waals surface area contributed by atoms with Gasteiger partial charge in [-0.3, -0.25) is 14.6 Å². The Hall–Kier alpha value is -0.610. The zero-order chi connectivity index (χ0) is 14.1. The van der Waals surface area contributed by atoms with E-state index in [0.717, 1.165) is 13.1 Å². The average molecular weight is 268 g/mol. The molecule has 1 spiro atoms. The van der Waals surface area contributed by atoms with E-state index in [2.05, 4.69) is 30.6 Å². The summed E-state index contributed by atoms with van der Waals surface area (Å²) in [6.45, 7) is 11.4. The lowest BCUT2D eigenvalue weighted by atomic mass is 9.76. The minimum Gasteiger partial charge on any atom is -0.480 e. The third kappa shape index (κ3) is 3.29. The second-order valence-electron chi connectivity index (χ2n) is 7.01. The molecule has 0 atom stereocenters. The van der Waals surface area contributed by atoms with Crippen molar-refractivity contribution in [3.05, 3.63) is 0 Å². The Morgan fingerprint density at radius 1 is 1.21 bits per heavy atom. The van der Waals surface area contributed by atoms with Gasteiger partial charge < -0.3 is 5.11 Å². The Kier molecular flexibility index (Phi) is 4.21. The van der Waals surface area contributed by atoms with Crippen LogP contribution < -0.4 is 0 Å². The summed E-state index contributed by atoms with van der Waals surface area (Å²) >= 11 is 0. The summed E-state index contributed by atoms with van der Waals surface area (Å²) in [6, 6.07) is 0. The maximum atomic E-state index is 10.8. The van der Waals surface area contributed by atoms with Crippen molar-refractivity contribution in [2.75, 3.05) is 32.7 Å². The average Bonchev–Trinajstić information content (AvgIpc) is 2.72. The minimum atomic E-state index is -0.693. The van der Waals surface area contributed by atoms with E-state index in [9.17, 15) is 4.79 Å². The Balaban J connectivity index is 1.88. The number of aliphatic carboxylic acids is 1. The van der Waals surface area contributed by atoms with Gasteiger partial charge in [-0.05, 0) is 64.6 Å². The number of carbonyl (C=O) groups is 1. The Morgan fingerprint density at radius 2 is 1.79 bits per heavy atom. The second kappa shape index (κ2) is 5.41. The zero-order valence-corrected chi connectivity index (χ0v) is 12.6. The molecule has 2 aliphatic heterocycles. The molecule has 1 N–H and O–H groups in total. The van der Waals surface area contributed by atoms with E-state index in [0.29, 0.717) is 11.0 Å². The molecule has 0 aromatic rings. The van der Waals surface area contributed by atoms with Crippen molar-refractivity contribution < 1.29 is 9.90 Å². The number of likely N-dealkylation sites (tertiary alicyclic amines) is 2. The van der Waals surface area contributed by atoms with E-state index in [4.69, 9.17) is 5.11 Å². The molecule has 0 radical (unpaired) electrons. The molecular weight excluding hydrogens is 240 g/mol. The largest absolute Gasteiger partial charge is 0.480 e. The van der Waals surface area contributed by atoms with Crippen LogP contribution in [0.15, 0.2) is 0 Å². The van der Waals surface area contributed by atoms with Gasteiger partial charge in [-0.15, -0.1) is 0 Å². The first-order valence-electron chi connectivity index (χ1n) is 7.56. The Labute approximate surface area is 116 Å². The second-order valence-corrected chi connectivity index (χ2v) is 7.01. The molecule has 110 valence electrons. The van der Waals surface area contributed by atoms with Crippen LogP contribution in [0.5, 0.6) is 0 Å². The van der Waals surface area contributed by atoms with Crippen molar-refractivity contribution >= 4 is 5.97 Å². The van der Waals surface area contributed by atoms with Crippen molar-refractivity contribution in [1.29, 1.82) is 0 Å². The van der Waals surface area contributed by atoms with Gasteiger partial charge in [-0.25, -0.2) is 0 Å². The van der Waals surface area contributed by atoms with E-state index in [1.165, 1.54) is 38.8 Å². The van der Waals surface area contributed by atoms with E-state index in [1.54, 1.807) is 0 Å². The lowest BCUT2D eigenvalue weighted by Crippen LogP contribution is -2.50. The SMILES string of the molecule is CCC(C)(C)N1CCC2(CCN(CC(=O)O)C2)CC1. The van der Waals surface area contributed by atoms with Crippen molar-refractivity contribution in [3.8, 4) is 0 Å². The van der Waals surface area contributed by atoms with E-state index in [1.807, 2.05) is 0 Å². The molecule has 2 heterocycles. The first-order valence-corrected chi connectivity index (χ1v) is 7.56. The molecule has 0 amide bonds. The van der Waals surface area contributed by atoms with Gasteiger partial charge in [-0.2, -0.15) is 0 Å². The number of carboxylic acids is 1. The van der Waals surface area contributed by atoms with Gasteiger partial charge in [0.25, 0.3) is 0 Å². The standard InChI is InChI=1S/C15H28N2O2/c1-4-14(2,3)17-9-6-15(7-10-17)5-8-16(12-15)11-13(18)19/h4-12H2,1-3H3,(H,18,19). The highest BCUT2D eigenvalue weighted by Gasteiger charge is 2.42. The van der Waals surface area contributed by atoms with Crippen LogP contribution in [-0.2, 0) is 4.79 Å². The zero-order valence-electron chi connectivity index (χ0n) is 12.6. The molecule has 19 heavy (non-hydrogen) atoms. The predicted octanol–water partition coefficient (Wildman–Crippen LogP) is 2.05. The van der Waals surface area contributed by atoms with Crippen molar-refractivity contribution in [3.63, 3.8) is 0 Å². The van der Waals surface area contributed by atoms with Crippen LogP contribution in [0.3, 0.4) is 0 Å². The maximum absolute atomic E-state index is 10.8. The van der Waals surface area contributed by atoms with Crippen LogP contribution in [0.1, 0.15) is 46.5 Å². The molecular formula is C15H28N2O2. The van der Waals surface area contributed by atoms with Crippen LogP contribution in [0.2, 0.25) is 0 Å². The van der Waals surface area contributed by atoms with Crippen molar-refractivity contribution in [2.24, 2.45) is 5.41 Å². The third-order valence-electron chi connectivity index (χ3n) is 5.42. The Bertz CT molecular complexity index is 333. The highest BCUT2D eigenvalue weighted by atomic mass is 16.4. The number of rotatable bonds is 4. The molecule has 4 nitrogen and oxygen atoms in total. The molecule has 2 aliphatic rings. The number of carboxylic acid groups (broad SMARTS) is 1. The Morgan fingerprint density at radius 3 is 2.32 bits per heavy atom. The lowest BCUT2D eigenvalue weighted by Gasteiger charge is -2.46. The molecule has 0 bridgehead atoms. The first kappa shape index (κ1) is 14.8.